The Bertz CT molecular complexity index is 694. The molecule has 2 N–H and O–H groups in total. The number of rotatable bonds is 6. The lowest BCUT2D eigenvalue weighted by Gasteiger charge is -2.15. The Morgan fingerprint density at radius 1 is 1.12 bits per heavy atom. The van der Waals surface area contributed by atoms with Crippen LogP contribution in [0, 0.1) is 6.92 Å². The number of nitrogens with one attached hydrogen (secondary N) is 2. The predicted molar refractivity (Wildman–Crippen MR) is 112 cm³/mol. The Morgan fingerprint density at radius 3 is 2.38 bits per heavy atom. The van der Waals surface area contributed by atoms with Gasteiger partial charge < -0.3 is 15.2 Å². The van der Waals surface area contributed by atoms with Gasteiger partial charge in [-0.2, -0.15) is 4.98 Å². The monoisotopic (exact) mass is 470 g/mol. The fourth-order valence-electron chi connectivity index (χ4n) is 2.94. The number of hydrogen-bond acceptors (Lipinski definition) is 5. The quantitative estimate of drug-likeness (QED) is 0.384. The van der Waals surface area contributed by atoms with E-state index in [9.17, 15) is 0 Å². The van der Waals surface area contributed by atoms with Crippen molar-refractivity contribution < 1.29 is 4.52 Å². The summed E-state index contributed by atoms with van der Waals surface area (Å²) in [5.74, 6) is 1.89. The number of aryl methyl sites for hydroxylation is 1. The molecule has 0 atom stereocenters. The van der Waals surface area contributed by atoms with Crippen LogP contribution in [0.2, 0.25) is 0 Å². The lowest BCUT2D eigenvalue weighted by molar-refractivity contribution is 0.331. The Kier molecular flexibility index (Phi) is 8.30. The van der Waals surface area contributed by atoms with Crippen molar-refractivity contribution in [3.05, 3.63) is 47.1 Å². The van der Waals surface area contributed by atoms with E-state index in [0.717, 1.165) is 13.1 Å². The van der Waals surface area contributed by atoms with Gasteiger partial charge in [0.05, 0.1) is 6.54 Å². The molecule has 0 amide bonds. The summed E-state index contributed by atoms with van der Waals surface area (Å²) < 4.78 is 4.95. The molecule has 1 aromatic heterocycles. The molecule has 1 aliphatic rings. The summed E-state index contributed by atoms with van der Waals surface area (Å²) in [4.78, 5) is 10.9. The molecule has 0 unspecified atom stereocenters. The SMILES string of the molecule is CN=C(NCc1ccc(CN2CCCC2)cc1)NCc1noc(C)n1.I. The van der Waals surface area contributed by atoms with Gasteiger partial charge in [0.1, 0.15) is 0 Å². The highest BCUT2D eigenvalue weighted by Gasteiger charge is 2.11. The zero-order chi connectivity index (χ0) is 17.5. The number of aromatic nitrogens is 2. The van der Waals surface area contributed by atoms with Gasteiger partial charge in [0.15, 0.2) is 11.8 Å². The molecule has 2 aromatic rings. The maximum atomic E-state index is 4.95. The molecule has 1 saturated heterocycles. The first-order valence-electron chi connectivity index (χ1n) is 8.77. The largest absolute Gasteiger partial charge is 0.352 e. The molecule has 0 saturated carbocycles. The topological polar surface area (TPSA) is 78.6 Å². The molecule has 26 heavy (non-hydrogen) atoms. The van der Waals surface area contributed by atoms with Crippen molar-refractivity contribution in [3.63, 3.8) is 0 Å². The average Bonchev–Trinajstić information content (AvgIpc) is 3.28. The standard InChI is InChI=1S/C18H26N6O.HI/c1-14-22-17(23-25-14)12-21-18(19-2)20-11-15-5-7-16(8-6-15)13-24-9-3-4-10-24;/h5-8H,3-4,9-13H2,1-2H3,(H2,19,20,21);1H. The molecule has 8 heteroatoms. The number of aliphatic imine (C=N–C) groups is 1. The molecule has 2 heterocycles. The molecule has 1 aromatic carbocycles. The lowest BCUT2D eigenvalue weighted by Crippen LogP contribution is -2.36. The molecular weight excluding hydrogens is 443 g/mol. The highest BCUT2D eigenvalue weighted by molar-refractivity contribution is 14.0. The van der Waals surface area contributed by atoms with Gasteiger partial charge in [0.2, 0.25) is 5.89 Å². The first-order valence-corrected chi connectivity index (χ1v) is 8.77. The number of hydrogen-bond donors (Lipinski definition) is 2. The van der Waals surface area contributed by atoms with Crippen LogP contribution in [0.15, 0.2) is 33.8 Å². The summed E-state index contributed by atoms with van der Waals surface area (Å²) in [5.41, 5.74) is 2.60. The van der Waals surface area contributed by atoms with E-state index in [1.165, 1.54) is 37.1 Å². The van der Waals surface area contributed by atoms with Crippen molar-refractivity contribution >= 4 is 29.9 Å². The predicted octanol–water partition coefficient (Wildman–Crippen LogP) is 2.46. The summed E-state index contributed by atoms with van der Waals surface area (Å²) in [6.07, 6.45) is 2.66. The van der Waals surface area contributed by atoms with E-state index in [1.54, 1.807) is 14.0 Å². The van der Waals surface area contributed by atoms with Crippen molar-refractivity contribution in [2.75, 3.05) is 20.1 Å². The van der Waals surface area contributed by atoms with E-state index in [0.29, 0.717) is 24.2 Å². The van der Waals surface area contributed by atoms with Crippen molar-refractivity contribution in [1.82, 2.24) is 25.7 Å². The summed E-state index contributed by atoms with van der Waals surface area (Å²) in [6, 6.07) is 8.78. The van der Waals surface area contributed by atoms with Crippen molar-refractivity contribution in [2.24, 2.45) is 4.99 Å². The molecule has 0 bridgehead atoms. The van der Waals surface area contributed by atoms with Gasteiger partial charge in [0.25, 0.3) is 0 Å². The Balaban J connectivity index is 0.00000243. The fraction of sp³-hybridized carbons (Fsp3) is 0.500. The zero-order valence-corrected chi connectivity index (χ0v) is 17.7. The molecule has 7 nitrogen and oxygen atoms in total. The molecule has 3 rings (SSSR count). The molecule has 0 radical (unpaired) electrons. The number of likely N-dealkylation sites (tertiary alicyclic amines) is 1. The number of nitrogens with zero attached hydrogens (tertiary/aromatic N) is 4. The zero-order valence-electron chi connectivity index (χ0n) is 15.4. The first-order chi connectivity index (χ1) is 12.2. The van der Waals surface area contributed by atoms with Crippen molar-refractivity contribution in [2.45, 2.75) is 39.4 Å². The highest BCUT2D eigenvalue weighted by Crippen LogP contribution is 2.13. The Hall–Kier alpha value is -1.68. The van der Waals surface area contributed by atoms with Crippen molar-refractivity contribution in [1.29, 1.82) is 0 Å². The van der Waals surface area contributed by atoms with Crippen LogP contribution in [0.4, 0.5) is 0 Å². The summed E-state index contributed by atoms with van der Waals surface area (Å²) in [5, 5.41) is 10.3. The van der Waals surface area contributed by atoms with E-state index < -0.39 is 0 Å². The molecular formula is C18H27IN6O. The van der Waals surface area contributed by atoms with Crippen molar-refractivity contribution in [3.8, 4) is 0 Å². The smallest absolute Gasteiger partial charge is 0.223 e. The van der Waals surface area contributed by atoms with E-state index in [1.807, 2.05) is 0 Å². The van der Waals surface area contributed by atoms with Crippen LogP contribution in [0.5, 0.6) is 0 Å². The second-order valence-electron chi connectivity index (χ2n) is 6.31. The third-order valence-electron chi connectivity index (χ3n) is 4.29. The molecule has 0 spiro atoms. The Labute approximate surface area is 171 Å². The minimum atomic E-state index is 0. The van der Waals surface area contributed by atoms with E-state index in [2.05, 4.69) is 54.9 Å². The molecule has 0 aliphatic carbocycles. The summed E-state index contributed by atoms with van der Waals surface area (Å²) in [6.45, 7) is 6.48. The van der Waals surface area contributed by atoms with E-state index in [4.69, 9.17) is 4.52 Å². The van der Waals surface area contributed by atoms with Crippen LogP contribution in [0.3, 0.4) is 0 Å². The van der Waals surface area contributed by atoms with Crippen LogP contribution >= 0.6 is 24.0 Å². The van der Waals surface area contributed by atoms with Crippen LogP contribution in [-0.4, -0.2) is 41.1 Å². The van der Waals surface area contributed by atoms with Gasteiger partial charge in [-0.05, 0) is 37.1 Å². The fourth-order valence-corrected chi connectivity index (χ4v) is 2.94. The summed E-state index contributed by atoms with van der Waals surface area (Å²) in [7, 11) is 1.75. The van der Waals surface area contributed by atoms with Crippen LogP contribution in [0.1, 0.15) is 35.7 Å². The molecule has 142 valence electrons. The van der Waals surface area contributed by atoms with Gasteiger partial charge in [-0.15, -0.1) is 24.0 Å². The van der Waals surface area contributed by atoms with Crippen LogP contribution < -0.4 is 10.6 Å². The lowest BCUT2D eigenvalue weighted by atomic mass is 10.1. The first kappa shape index (κ1) is 20.6. The maximum absolute atomic E-state index is 4.95. The maximum Gasteiger partial charge on any atom is 0.223 e. The third kappa shape index (κ3) is 6.24. The van der Waals surface area contributed by atoms with E-state index in [-0.39, 0.29) is 24.0 Å². The number of halogens is 1. The highest BCUT2D eigenvalue weighted by atomic mass is 127. The number of guanidine groups is 1. The van der Waals surface area contributed by atoms with Gasteiger partial charge >= 0.3 is 0 Å². The number of benzene rings is 1. The minimum Gasteiger partial charge on any atom is -0.352 e. The summed E-state index contributed by atoms with van der Waals surface area (Å²) >= 11 is 0. The van der Waals surface area contributed by atoms with Gasteiger partial charge in [-0.1, -0.05) is 29.4 Å². The van der Waals surface area contributed by atoms with Crippen LogP contribution in [-0.2, 0) is 19.6 Å². The second kappa shape index (κ2) is 10.5. The van der Waals surface area contributed by atoms with Gasteiger partial charge in [-0.3, -0.25) is 9.89 Å². The van der Waals surface area contributed by atoms with Gasteiger partial charge in [0, 0.05) is 27.1 Å². The minimum absolute atomic E-state index is 0. The van der Waals surface area contributed by atoms with E-state index >= 15 is 0 Å². The average molecular weight is 470 g/mol. The molecule has 1 fully saturated rings. The Morgan fingerprint density at radius 2 is 1.77 bits per heavy atom. The van der Waals surface area contributed by atoms with Gasteiger partial charge in [-0.25, -0.2) is 0 Å². The molecule has 1 aliphatic heterocycles. The van der Waals surface area contributed by atoms with Crippen LogP contribution in [0.25, 0.3) is 0 Å². The third-order valence-corrected chi connectivity index (χ3v) is 4.29. The normalized spacial score (nSPS) is 14.9. The second-order valence-corrected chi connectivity index (χ2v) is 6.31.